The standard InChI is InChI=1S/C44H56N6O7S/c1-25-26(2)38(25)41(51)47-34-20-37-46-35(23-58-37)28-11-12-36-31(19-28)32(21-44(4,5)24-57-43(53)33-10-8-15-50(48-33)42(34)52)40(30-9-7-14-45-39(30)27(3)54-6)49(36)16-18-56-29-13-17-55-22-29/h7,9,11-12,14,19,23,25-27,29,33-34,38,48H,8,10,13,15-18,20-22,24H2,1-6H3,(H,47,51)/t25-,26+,27-,29-,33-,34-,38+/m0/s1. The minimum Gasteiger partial charge on any atom is -0.464 e. The zero-order chi connectivity index (χ0) is 40.7. The molecule has 4 aliphatic rings. The zero-order valence-corrected chi connectivity index (χ0v) is 35.2. The summed E-state index contributed by atoms with van der Waals surface area (Å²) in [5.41, 5.74) is 9.39. The van der Waals surface area contributed by atoms with Crippen LogP contribution in [-0.4, -0.2) is 95.6 Å². The highest BCUT2D eigenvalue weighted by Gasteiger charge is 2.49. The van der Waals surface area contributed by atoms with Crippen molar-refractivity contribution in [2.45, 2.75) is 97.6 Å². The summed E-state index contributed by atoms with van der Waals surface area (Å²) in [6, 6.07) is 8.99. The van der Waals surface area contributed by atoms with Crippen molar-refractivity contribution in [3.8, 4) is 22.5 Å². The van der Waals surface area contributed by atoms with E-state index in [1.165, 1.54) is 16.3 Å². The smallest absolute Gasteiger partial charge is 0.324 e. The number of nitrogens with one attached hydrogen (secondary N) is 2. The van der Waals surface area contributed by atoms with Crippen LogP contribution in [-0.2, 0) is 52.7 Å². The van der Waals surface area contributed by atoms with Gasteiger partial charge in [0.15, 0.2) is 0 Å². The molecule has 2 saturated heterocycles. The molecule has 2 N–H and O–H groups in total. The van der Waals surface area contributed by atoms with Gasteiger partial charge in [0.25, 0.3) is 5.91 Å². The summed E-state index contributed by atoms with van der Waals surface area (Å²) >= 11 is 1.48. The third-order valence-corrected chi connectivity index (χ3v) is 13.4. The van der Waals surface area contributed by atoms with Crippen LogP contribution in [0.2, 0.25) is 0 Å². The molecule has 8 rings (SSSR count). The van der Waals surface area contributed by atoms with Gasteiger partial charge in [0.1, 0.15) is 12.1 Å². The van der Waals surface area contributed by atoms with E-state index in [2.05, 4.69) is 67.3 Å². The number of thiazole rings is 1. The van der Waals surface area contributed by atoms with E-state index in [1.54, 1.807) is 13.3 Å². The fourth-order valence-electron chi connectivity index (χ4n) is 8.83. The molecule has 6 heterocycles. The molecule has 13 nitrogen and oxygen atoms in total. The van der Waals surface area contributed by atoms with Crippen molar-refractivity contribution >= 4 is 40.0 Å². The van der Waals surface area contributed by atoms with Crippen LogP contribution in [0.25, 0.3) is 33.4 Å². The van der Waals surface area contributed by atoms with Gasteiger partial charge in [-0.25, -0.2) is 10.4 Å². The monoisotopic (exact) mass is 812 g/mol. The maximum Gasteiger partial charge on any atom is 0.324 e. The number of rotatable bonds is 9. The van der Waals surface area contributed by atoms with E-state index in [0.717, 1.165) is 56.1 Å². The number of pyridine rings is 1. The molecule has 1 aromatic carbocycles. The second-order valence-electron chi connectivity index (χ2n) is 17.3. The second-order valence-corrected chi connectivity index (χ2v) is 18.2. The van der Waals surface area contributed by atoms with Gasteiger partial charge >= 0.3 is 5.97 Å². The van der Waals surface area contributed by atoms with Crippen LogP contribution in [0.4, 0.5) is 0 Å². The van der Waals surface area contributed by atoms with Crippen molar-refractivity contribution in [2.24, 2.45) is 23.2 Å². The number of carbonyl (C=O) groups excluding carboxylic acids is 3. The Kier molecular flexibility index (Phi) is 11.8. The first-order valence-corrected chi connectivity index (χ1v) is 21.6. The molecule has 3 aromatic heterocycles. The lowest BCUT2D eigenvalue weighted by molar-refractivity contribution is -0.155. The highest BCUT2D eigenvalue weighted by Crippen LogP contribution is 2.46. The number of hydrogen-bond donors (Lipinski definition) is 2. The lowest BCUT2D eigenvalue weighted by Crippen LogP contribution is -2.60. The van der Waals surface area contributed by atoms with Crippen molar-refractivity contribution in [1.82, 2.24) is 30.3 Å². The van der Waals surface area contributed by atoms with E-state index in [-0.39, 0.29) is 54.8 Å². The zero-order valence-electron chi connectivity index (χ0n) is 34.4. The number of nitrogens with zero attached hydrogens (tertiary/aromatic N) is 4. The average molecular weight is 813 g/mol. The van der Waals surface area contributed by atoms with Crippen LogP contribution in [0.1, 0.15) is 76.3 Å². The molecular formula is C44H56N6O7S. The quantitative estimate of drug-likeness (QED) is 0.196. The van der Waals surface area contributed by atoms with Crippen LogP contribution in [0, 0.1) is 23.2 Å². The minimum absolute atomic E-state index is 0.0668. The molecule has 0 spiro atoms. The number of methoxy groups -OCH3 is 1. The molecule has 58 heavy (non-hydrogen) atoms. The van der Waals surface area contributed by atoms with Crippen LogP contribution < -0.4 is 10.7 Å². The Hall–Kier alpha value is -4.21. The van der Waals surface area contributed by atoms with Gasteiger partial charge in [0, 0.05) is 78.2 Å². The Morgan fingerprint density at radius 1 is 1.17 bits per heavy atom. The summed E-state index contributed by atoms with van der Waals surface area (Å²) in [6.07, 6.45) is 4.45. The molecule has 4 aromatic rings. The summed E-state index contributed by atoms with van der Waals surface area (Å²) in [7, 11) is 1.70. The molecule has 3 fully saturated rings. The predicted molar refractivity (Wildman–Crippen MR) is 221 cm³/mol. The summed E-state index contributed by atoms with van der Waals surface area (Å²) in [5.74, 6) is -0.421. The first-order chi connectivity index (χ1) is 27.9. The molecule has 1 saturated carbocycles. The maximum absolute atomic E-state index is 14.2. The number of carbonyl (C=O) groups is 3. The Morgan fingerprint density at radius 2 is 2.00 bits per heavy atom. The second kappa shape index (κ2) is 16.8. The number of esters is 1. The minimum atomic E-state index is -0.849. The van der Waals surface area contributed by atoms with E-state index in [0.29, 0.717) is 52.2 Å². The van der Waals surface area contributed by atoms with E-state index in [1.807, 2.05) is 18.4 Å². The van der Waals surface area contributed by atoms with E-state index in [9.17, 15) is 14.4 Å². The number of cyclic esters (lactones) is 1. The SMILES string of the molecule is CO[C@@H](C)c1ncccc1-c1c2c3cc(ccc3n1CCO[C@H]1CCOC1)-c1csc(n1)C[C@H](NC(=O)[C@H]1[C@H](C)[C@@H]1C)C(=O)N1CCC[C@H](N1)C(=O)OCC(C)(C)C2. The Morgan fingerprint density at radius 3 is 2.76 bits per heavy atom. The fourth-order valence-corrected chi connectivity index (χ4v) is 9.68. The molecule has 310 valence electrons. The topological polar surface area (TPSA) is 146 Å². The van der Waals surface area contributed by atoms with Gasteiger partial charge in [-0.3, -0.25) is 24.4 Å². The third kappa shape index (κ3) is 8.31. The van der Waals surface area contributed by atoms with Crippen LogP contribution in [0.3, 0.4) is 0 Å². The first kappa shape index (κ1) is 40.6. The normalized spacial score (nSPS) is 26.6. The molecule has 2 amide bonds. The number of hydrazine groups is 1. The Labute approximate surface area is 344 Å². The summed E-state index contributed by atoms with van der Waals surface area (Å²) < 4.78 is 26.3. The van der Waals surface area contributed by atoms with Crippen molar-refractivity contribution < 1.29 is 33.3 Å². The lowest BCUT2D eigenvalue weighted by atomic mass is 9.84. The summed E-state index contributed by atoms with van der Waals surface area (Å²) in [5, 5.41) is 8.39. The molecule has 0 radical (unpaired) electrons. The lowest BCUT2D eigenvalue weighted by Gasteiger charge is -2.35. The van der Waals surface area contributed by atoms with Gasteiger partial charge in [-0.15, -0.1) is 11.3 Å². The van der Waals surface area contributed by atoms with Gasteiger partial charge in [-0.2, -0.15) is 0 Å². The van der Waals surface area contributed by atoms with Crippen molar-refractivity contribution in [3.05, 3.63) is 58.2 Å². The molecule has 7 atom stereocenters. The maximum atomic E-state index is 14.2. The molecule has 3 aliphatic heterocycles. The first-order valence-electron chi connectivity index (χ1n) is 20.7. The van der Waals surface area contributed by atoms with E-state index >= 15 is 0 Å². The van der Waals surface area contributed by atoms with Crippen molar-refractivity contribution in [1.29, 1.82) is 0 Å². The number of benzene rings is 1. The third-order valence-electron chi connectivity index (χ3n) is 12.5. The van der Waals surface area contributed by atoms with Crippen LogP contribution in [0.15, 0.2) is 41.9 Å². The summed E-state index contributed by atoms with van der Waals surface area (Å²) in [6.45, 7) is 13.3. The number of amides is 2. The molecule has 1 aliphatic carbocycles. The van der Waals surface area contributed by atoms with Gasteiger partial charge < -0.3 is 28.8 Å². The number of hydrogen-bond acceptors (Lipinski definition) is 11. The van der Waals surface area contributed by atoms with E-state index < -0.39 is 23.5 Å². The molecule has 0 unspecified atom stereocenters. The van der Waals surface area contributed by atoms with Crippen molar-refractivity contribution in [3.63, 3.8) is 0 Å². The van der Waals surface area contributed by atoms with Crippen molar-refractivity contribution in [2.75, 3.05) is 40.1 Å². The van der Waals surface area contributed by atoms with Crippen LogP contribution >= 0.6 is 11.3 Å². The molecule has 6 bridgehead atoms. The predicted octanol–water partition coefficient (Wildman–Crippen LogP) is 5.89. The summed E-state index contributed by atoms with van der Waals surface area (Å²) in [4.78, 5) is 51.3. The molecular weight excluding hydrogens is 757 g/mol. The Balaban J connectivity index is 1.24. The molecule has 14 heteroatoms. The van der Waals surface area contributed by atoms with Gasteiger partial charge in [0.2, 0.25) is 5.91 Å². The number of fused-ring (bicyclic) bond motifs is 6. The van der Waals surface area contributed by atoms with Gasteiger partial charge in [-0.1, -0.05) is 33.8 Å². The number of ether oxygens (including phenoxy) is 4. The Bertz CT molecular complexity index is 2150. The largest absolute Gasteiger partial charge is 0.464 e. The average Bonchev–Trinajstić information content (AvgIpc) is 3.71. The van der Waals surface area contributed by atoms with E-state index in [4.69, 9.17) is 28.9 Å². The highest BCUT2D eigenvalue weighted by molar-refractivity contribution is 7.10. The van der Waals surface area contributed by atoms with Crippen LogP contribution in [0.5, 0.6) is 0 Å². The fraction of sp³-hybridized carbons (Fsp3) is 0.568. The van der Waals surface area contributed by atoms with Gasteiger partial charge in [-0.05, 0) is 74.3 Å². The van der Waals surface area contributed by atoms with Gasteiger partial charge in [0.05, 0.1) is 54.1 Å². The number of aromatic nitrogens is 3. The highest BCUT2D eigenvalue weighted by atomic mass is 32.1.